The summed E-state index contributed by atoms with van der Waals surface area (Å²) in [4.78, 5) is 67.3. The number of carbonyl (C=O) groups excluding carboxylic acids is 4. The Morgan fingerprint density at radius 1 is 1.21 bits per heavy atom. The van der Waals surface area contributed by atoms with Crippen molar-refractivity contribution >= 4 is 58.3 Å². The first-order chi connectivity index (χ1) is 19.9. The predicted molar refractivity (Wildman–Crippen MR) is 148 cm³/mol. The monoisotopic (exact) mass is 597 g/mol. The normalized spacial score (nSPS) is 26.7. The zero-order valence-electron chi connectivity index (χ0n) is 22.5. The van der Waals surface area contributed by atoms with E-state index in [4.69, 9.17) is 14.9 Å². The Morgan fingerprint density at radius 3 is 2.71 bits per heavy atom. The number of hydrazone groups is 1. The number of benzene rings is 1. The fraction of sp³-hybridized carbons (Fsp3) is 0.385. The van der Waals surface area contributed by atoms with Crippen LogP contribution in [0.3, 0.4) is 0 Å². The third kappa shape index (κ3) is 4.34. The Kier molecular flexibility index (Phi) is 6.42. The number of aliphatic carboxylic acids is 1. The lowest BCUT2D eigenvalue weighted by molar-refractivity contribution is -0.161. The number of hydrogen-bond donors (Lipinski definition) is 4. The molecule has 1 unspecified atom stereocenters. The molecule has 0 saturated carbocycles. The molecule has 220 valence electrons. The molecular formula is C26H27N7O8S. The van der Waals surface area contributed by atoms with Crippen LogP contribution >= 0.6 is 11.8 Å². The smallest absolute Gasteiger partial charge is 0.348 e. The number of hydrogen-bond acceptors (Lipinski definition) is 10. The first-order valence-electron chi connectivity index (χ1n) is 13.0. The standard InChI is InChI=1S/C26H27N7O8S/c1-25(2)18(21(35)36)33-19(34)17(20(33)42-25)28-22(37)26(27,14-3-4-16-13(11-14)5-10-41-16)29-23(38)31-7-8-32(24(31)39)30-15-6-9-40-12-15/h3-6,9-11,17-18,20H,7-8,12,27H2,1-2H3,(H,28,37)(H,29,38)(H,35,36)/t17-,18+,20-,26?/m1/s1. The van der Waals surface area contributed by atoms with Crippen LogP contribution in [0, 0.1) is 0 Å². The van der Waals surface area contributed by atoms with Gasteiger partial charge < -0.3 is 29.8 Å². The summed E-state index contributed by atoms with van der Waals surface area (Å²) in [6.07, 6.45) is 4.50. The summed E-state index contributed by atoms with van der Waals surface area (Å²) in [5, 5.41) is 20.1. The molecule has 1 aromatic heterocycles. The summed E-state index contributed by atoms with van der Waals surface area (Å²) >= 11 is 1.25. The van der Waals surface area contributed by atoms with Crippen molar-refractivity contribution in [1.29, 1.82) is 0 Å². The van der Waals surface area contributed by atoms with Crippen LogP contribution in [-0.4, -0.2) is 97.4 Å². The number of carboxylic acid groups (broad SMARTS) is 1. The van der Waals surface area contributed by atoms with Gasteiger partial charge in [-0.2, -0.15) is 5.10 Å². The lowest BCUT2D eigenvalue weighted by Gasteiger charge is -2.44. The highest BCUT2D eigenvalue weighted by atomic mass is 32.2. The molecule has 6 amide bonds. The molecule has 3 saturated heterocycles. The van der Waals surface area contributed by atoms with Gasteiger partial charge in [0.25, 0.3) is 5.91 Å². The highest BCUT2D eigenvalue weighted by Crippen LogP contribution is 2.50. The van der Waals surface area contributed by atoms with E-state index in [1.165, 1.54) is 35.3 Å². The van der Waals surface area contributed by atoms with E-state index < -0.39 is 57.7 Å². The Morgan fingerprint density at radius 2 is 2.00 bits per heavy atom. The van der Waals surface area contributed by atoms with Crippen molar-refractivity contribution in [1.82, 2.24) is 25.4 Å². The van der Waals surface area contributed by atoms with Gasteiger partial charge in [-0.15, -0.1) is 11.8 Å². The van der Waals surface area contributed by atoms with Gasteiger partial charge in [-0.1, -0.05) is 6.07 Å². The van der Waals surface area contributed by atoms with Gasteiger partial charge in [0.1, 0.15) is 35.4 Å². The predicted octanol–water partition coefficient (Wildman–Crippen LogP) is 0.523. The topological polar surface area (TPSA) is 200 Å². The SMILES string of the molecule is CC1(C)S[C@@H]2[C@H](NC(=O)C(N)(NC(=O)N3CCN(N=C4C=COC4)C3=O)c3ccc4occc4c3)C(=O)N2[C@H]1C(=O)O. The molecule has 42 heavy (non-hydrogen) atoms. The number of imide groups is 1. The number of carbonyl (C=O) groups is 5. The maximum absolute atomic E-state index is 13.9. The van der Waals surface area contributed by atoms with Crippen molar-refractivity contribution < 1.29 is 38.2 Å². The number of rotatable bonds is 6. The lowest BCUT2D eigenvalue weighted by Crippen LogP contribution is -2.74. The summed E-state index contributed by atoms with van der Waals surface area (Å²) in [6, 6.07) is 2.45. The first kappa shape index (κ1) is 27.6. The van der Waals surface area contributed by atoms with Crippen LogP contribution in [0.15, 0.2) is 52.4 Å². The van der Waals surface area contributed by atoms with Crippen molar-refractivity contribution in [3.8, 4) is 0 Å². The Balaban J connectivity index is 1.26. The minimum Gasteiger partial charge on any atom is -0.495 e. The number of fused-ring (bicyclic) bond motifs is 2. The van der Waals surface area contributed by atoms with Crippen LogP contribution in [0.2, 0.25) is 0 Å². The molecule has 16 heteroatoms. The van der Waals surface area contributed by atoms with E-state index in [1.54, 1.807) is 38.1 Å². The minimum atomic E-state index is -2.24. The number of carboxylic acids is 1. The van der Waals surface area contributed by atoms with Crippen LogP contribution in [0.4, 0.5) is 9.59 Å². The molecule has 2 aromatic rings. The number of nitrogens with two attached hydrogens (primary N) is 1. The average molecular weight is 598 g/mol. The van der Waals surface area contributed by atoms with Gasteiger partial charge in [0.2, 0.25) is 5.91 Å². The molecule has 0 aliphatic carbocycles. The van der Waals surface area contributed by atoms with E-state index in [0.29, 0.717) is 16.7 Å². The quantitative estimate of drug-likeness (QED) is 0.269. The van der Waals surface area contributed by atoms with E-state index in [-0.39, 0.29) is 25.3 Å². The number of urea groups is 2. The molecule has 0 spiro atoms. The molecule has 4 aliphatic heterocycles. The maximum Gasteiger partial charge on any atom is 0.348 e. The molecule has 4 atom stereocenters. The van der Waals surface area contributed by atoms with Crippen LogP contribution in [-0.2, 0) is 24.8 Å². The third-order valence-corrected chi connectivity index (χ3v) is 9.17. The molecule has 0 radical (unpaired) electrons. The number of β-lactam (4-membered cyclic amide) rings is 1. The number of ether oxygens (including phenoxy) is 1. The molecule has 5 heterocycles. The van der Waals surface area contributed by atoms with Gasteiger partial charge in [0.05, 0.1) is 25.6 Å². The average Bonchev–Trinajstić information content (AvgIpc) is 3.73. The van der Waals surface area contributed by atoms with Crippen molar-refractivity contribution in [2.45, 2.75) is 41.7 Å². The van der Waals surface area contributed by atoms with E-state index in [2.05, 4.69) is 15.7 Å². The van der Waals surface area contributed by atoms with Crippen molar-refractivity contribution in [2.75, 3.05) is 19.7 Å². The molecular weight excluding hydrogens is 570 g/mol. The highest BCUT2D eigenvalue weighted by Gasteiger charge is 2.64. The van der Waals surface area contributed by atoms with Crippen molar-refractivity contribution in [2.24, 2.45) is 10.8 Å². The zero-order valence-corrected chi connectivity index (χ0v) is 23.3. The highest BCUT2D eigenvalue weighted by molar-refractivity contribution is 8.01. The van der Waals surface area contributed by atoms with Crippen LogP contribution in [0.5, 0.6) is 0 Å². The fourth-order valence-electron chi connectivity index (χ4n) is 5.44. The van der Waals surface area contributed by atoms with E-state index >= 15 is 0 Å². The van der Waals surface area contributed by atoms with Crippen LogP contribution < -0.4 is 16.4 Å². The summed E-state index contributed by atoms with van der Waals surface area (Å²) in [5.41, 5.74) is 5.57. The molecule has 4 aliphatic rings. The van der Waals surface area contributed by atoms with Crippen LogP contribution in [0.1, 0.15) is 19.4 Å². The number of amides is 6. The van der Waals surface area contributed by atoms with Crippen molar-refractivity contribution in [3.05, 3.63) is 48.4 Å². The van der Waals surface area contributed by atoms with E-state index in [9.17, 15) is 29.1 Å². The second-order valence-corrected chi connectivity index (χ2v) is 12.5. The molecule has 1 aromatic carbocycles. The van der Waals surface area contributed by atoms with Gasteiger partial charge >= 0.3 is 18.0 Å². The second kappa shape index (κ2) is 9.77. The molecule has 3 fully saturated rings. The lowest BCUT2D eigenvalue weighted by atomic mass is 9.94. The summed E-state index contributed by atoms with van der Waals surface area (Å²) in [7, 11) is 0. The Hall–Kier alpha value is -4.57. The first-order valence-corrected chi connectivity index (χ1v) is 13.9. The summed E-state index contributed by atoms with van der Waals surface area (Å²) in [6.45, 7) is 3.71. The van der Waals surface area contributed by atoms with Crippen LogP contribution in [0.25, 0.3) is 11.0 Å². The van der Waals surface area contributed by atoms with E-state index in [0.717, 1.165) is 9.91 Å². The van der Waals surface area contributed by atoms with Gasteiger partial charge in [0.15, 0.2) is 5.66 Å². The van der Waals surface area contributed by atoms with Gasteiger partial charge in [-0.05, 0) is 38.1 Å². The largest absolute Gasteiger partial charge is 0.495 e. The summed E-state index contributed by atoms with van der Waals surface area (Å²) < 4.78 is 9.65. The van der Waals surface area contributed by atoms with Gasteiger partial charge in [-0.3, -0.25) is 15.3 Å². The van der Waals surface area contributed by atoms with Crippen molar-refractivity contribution in [3.63, 3.8) is 0 Å². The number of nitrogens with one attached hydrogen (secondary N) is 2. The van der Waals surface area contributed by atoms with Gasteiger partial charge in [0, 0.05) is 15.7 Å². The second-order valence-electron chi connectivity index (χ2n) is 10.7. The Bertz CT molecular complexity index is 1590. The molecule has 15 nitrogen and oxygen atoms in total. The Labute approximate surface area is 242 Å². The number of furan rings is 1. The zero-order chi connectivity index (χ0) is 30.0. The third-order valence-electron chi connectivity index (χ3n) is 7.60. The minimum absolute atomic E-state index is 0.0229. The summed E-state index contributed by atoms with van der Waals surface area (Å²) in [5.74, 6) is -2.65. The molecule has 6 rings (SSSR count). The number of nitrogens with zero attached hydrogens (tertiary/aromatic N) is 4. The van der Waals surface area contributed by atoms with Gasteiger partial charge in [-0.25, -0.2) is 24.3 Å². The maximum atomic E-state index is 13.9. The van der Waals surface area contributed by atoms with E-state index in [1.807, 2.05) is 0 Å². The number of thioether (sulfide) groups is 1. The fourth-order valence-corrected chi connectivity index (χ4v) is 7.07. The molecule has 0 bridgehead atoms. The molecule has 5 N–H and O–H groups in total.